The van der Waals surface area contributed by atoms with Crippen molar-refractivity contribution in [2.45, 2.75) is 31.7 Å². The summed E-state index contributed by atoms with van der Waals surface area (Å²) in [6, 6.07) is 3.54. The van der Waals surface area contributed by atoms with Crippen molar-refractivity contribution < 1.29 is 9.59 Å². The van der Waals surface area contributed by atoms with Crippen molar-refractivity contribution in [2.75, 3.05) is 25.0 Å². The van der Waals surface area contributed by atoms with Crippen molar-refractivity contribution in [1.29, 1.82) is 0 Å². The van der Waals surface area contributed by atoms with Crippen LogP contribution in [0.2, 0.25) is 0 Å². The number of carbonyl (C=O) groups excluding carboxylic acids is 2. The topological polar surface area (TPSA) is 61.4 Å². The largest absolute Gasteiger partial charge is 0.338 e. The van der Waals surface area contributed by atoms with E-state index < -0.39 is 0 Å². The Morgan fingerprint density at radius 2 is 2.05 bits per heavy atom. The number of rotatable bonds is 3. The number of anilines is 1. The maximum Gasteiger partial charge on any atom is 0.263 e. The maximum atomic E-state index is 12.2. The highest BCUT2D eigenvalue weighted by molar-refractivity contribution is 7.18. The van der Waals surface area contributed by atoms with Gasteiger partial charge in [-0.1, -0.05) is 0 Å². The zero-order valence-electron chi connectivity index (χ0n) is 11.4. The van der Waals surface area contributed by atoms with E-state index in [-0.39, 0.29) is 17.9 Å². The monoisotopic (exact) mass is 293 g/mol. The van der Waals surface area contributed by atoms with E-state index in [4.69, 9.17) is 0 Å². The van der Waals surface area contributed by atoms with Crippen LogP contribution in [0, 0.1) is 0 Å². The van der Waals surface area contributed by atoms with Gasteiger partial charge in [0, 0.05) is 13.1 Å². The number of likely N-dealkylation sites (tertiary alicyclic amines) is 1. The fourth-order valence-electron chi connectivity index (χ4n) is 2.71. The second-order valence-electron chi connectivity index (χ2n) is 5.30. The van der Waals surface area contributed by atoms with Crippen LogP contribution in [-0.4, -0.2) is 42.4 Å². The lowest BCUT2D eigenvalue weighted by Crippen LogP contribution is -2.35. The lowest BCUT2D eigenvalue weighted by atomic mass is 10.2. The first kappa shape index (κ1) is 13.6. The maximum absolute atomic E-state index is 12.2. The van der Waals surface area contributed by atoms with Crippen molar-refractivity contribution in [2.24, 2.45) is 0 Å². The van der Waals surface area contributed by atoms with E-state index in [1.165, 1.54) is 11.3 Å². The Morgan fingerprint density at radius 1 is 1.25 bits per heavy atom. The molecule has 2 amide bonds. The van der Waals surface area contributed by atoms with Gasteiger partial charge in [-0.15, -0.1) is 11.3 Å². The summed E-state index contributed by atoms with van der Waals surface area (Å²) in [5, 5.41) is 6.82. The molecule has 3 heterocycles. The number of nitrogens with one attached hydrogen (secondary N) is 2. The van der Waals surface area contributed by atoms with E-state index in [0.29, 0.717) is 4.88 Å². The van der Waals surface area contributed by atoms with Crippen molar-refractivity contribution in [3.63, 3.8) is 0 Å². The normalized spacial score (nSPS) is 22.2. The van der Waals surface area contributed by atoms with Crippen LogP contribution in [0.25, 0.3) is 0 Å². The summed E-state index contributed by atoms with van der Waals surface area (Å²) in [4.78, 5) is 26.8. The minimum Gasteiger partial charge on any atom is -0.338 e. The predicted octanol–water partition coefficient (Wildman–Crippen LogP) is 1.67. The molecule has 0 spiro atoms. The molecule has 2 aliphatic heterocycles. The van der Waals surface area contributed by atoms with Crippen molar-refractivity contribution in [3.05, 3.63) is 17.0 Å². The van der Waals surface area contributed by atoms with E-state index in [1.807, 2.05) is 17.0 Å². The summed E-state index contributed by atoms with van der Waals surface area (Å²) in [5.41, 5.74) is 0. The van der Waals surface area contributed by atoms with Crippen LogP contribution in [0.5, 0.6) is 0 Å². The number of carbonyl (C=O) groups is 2. The minimum absolute atomic E-state index is 0.00419. The molecule has 0 saturated carbocycles. The fourth-order valence-corrected chi connectivity index (χ4v) is 3.59. The fraction of sp³-hybridized carbons (Fsp3) is 0.571. The Hall–Kier alpha value is -1.40. The number of nitrogens with zero attached hydrogens (tertiary/aromatic N) is 1. The molecule has 6 heteroatoms. The van der Waals surface area contributed by atoms with E-state index in [0.717, 1.165) is 50.3 Å². The highest BCUT2D eigenvalue weighted by atomic mass is 32.1. The number of amides is 2. The van der Waals surface area contributed by atoms with Crippen molar-refractivity contribution >= 4 is 28.2 Å². The minimum atomic E-state index is -0.0881. The molecule has 0 aromatic carbocycles. The molecule has 3 rings (SSSR count). The van der Waals surface area contributed by atoms with Gasteiger partial charge < -0.3 is 15.5 Å². The van der Waals surface area contributed by atoms with Gasteiger partial charge in [-0.05, 0) is 44.4 Å². The predicted molar refractivity (Wildman–Crippen MR) is 79.1 cm³/mol. The zero-order valence-corrected chi connectivity index (χ0v) is 12.2. The van der Waals surface area contributed by atoms with Gasteiger partial charge in [0.15, 0.2) is 0 Å². The molecule has 1 atom stereocenters. The van der Waals surface area contributed by atoms with E-state index >= 15 is 0 Å². The van der Waals surface area contributed by atoms with Gasteiger partial charge in [0.25, 0.3) is 5.91 Å². The lowest BCUT2D eigenvalue weighted by molar-refractivity contribution is -0.117. The molecule has 108 valence electrons. The quantitative estimate of drug-likeness (QED) is 0.891. The number of hydrogen-bond acceptors (Lipinski definition) is 4. The molecule has 5 nitrogen and oxygen atoms in total. The second kappa shape index (κ2) is 5.93. The molecule has 0 aliphatic carbocycles. The zero-order chi connectivity index (χ0) is 13.9. The molecule has 2 N–H and O–H groups in total. The van der Waals surface area contributed by atoms with Gasteiger partial charge in [-0.3, -0.25) is 9.59 Å². The summed E-state index contributed by atoms with van der Waals surface area (Å²) in [7, 11) is 0. The summed E-state index contributed by atoms with van der Waals surface area (Å²) in [6.45, 7) is 2.61. The third-order valence-electron chi connectivity index (χ3n) is 3.83. The van der Waals surface area contributed by atoms with Crippen LogP contribution in [0.4, 0.5) is 5.00 Å². The van der Waals surface area contributed by atoms with Crippen LogP contribution in [-0.2, 0) is 4.79 Å². The van der Waals surface area contributed by atoms with Crippen LogP contribution in [0.1, 0.15) is 35.4 Å². The van der Waals surface area contributed by atoms with E-state index in [1.54, 1.807) is 0 Å². The van der Waals surface area contributed by atoms with Gasteiger partial charge in [-0.2, -0.15) is 0 Å². The third kappa shape index (κ3) is 2.86. The molecule has 1 unspecified atom stereocenters. The summed E-state index contributed by atoms with van der Waals surface area (Å²) in [5.74, 6) is 0.0940. The molecule has 2 fully saturated rings. The molecule has 2 saturated heterocycles. The Morgan fingerprint density at radius 3 is 2.75 bits per heavy atom. The number of thiophene rings is 1. The standard InChI is InChI=1S/C14H19N3O2S/c18-13(10-4-3-7-15-10)16-12-6-5-11(20-12)14(19)17-8-1-2-9-17/h5-6,10,15H,1-4,7-9H2,(H,16,18). The molecular formula is C14H19N3O2S. The van der Waals surface area contributed by atoms with Crippen molar-refractivity contribution in [1.82, 2.24) is 10.2 Å². The van der Waals surface area contributed by atoms with Gasteiger partial charge in [0.05, 0.1) is 15.9 Å². The first-order chi connectivity index (χ1) is 9.74. The Balaban J connectivity index is 1.61. The summed E-state index contributed by atoms with van der Waals surface area (Å²) >= 11 is 1.36. The van der Waals surface area contributed by atoms with Crippen LogP contribution >= 0.6 is 11.3 Å². The average molecular weight is 293 g/mol. The summed E-state index contributed by atoms with van der Waals surface area (Å²) < 4.78 is 0. The smallest absolute Gasteiger partial charge is 0.263 e. The van der Waals surface area contributed by atoms with Gasteiger partial charge in [0.1, 0.15) is 0 Å². The first-order valence-corrected chi connectivity index (χ1v) is 7.99. The molecule has 1 aromatic rings. The van der Waals surface area contributed by atoms with E-state index in [2.05, 4.69) is 10.6 Å². The van der Waals surface area contributed by atoms with Gasteiger partial charge in [0.2, 0.25) is 5.91 Å². The SMILES string of the molecule is O=C(Nc1ccc(C(=O)N2CCCC2)s1)C1CCCN1. The van der Waals surface area contributed by atoms with Crippen LogP contribution in [0.3, 0.4) is 0 Å². The Labute approximate surface area is 122 Å². The van der Waals surface area contributed by atoms with Crippen LogP contribution < -0.4 is 10.6 Å². The molecule has 2 aliphatic rings. The Kier molecular flexibility index (Phi) is 4.03. The average Bonchev–Trinajstić information content (AvgIpc) is 3.19. The molecule has 0 bridgehead atoms. The van der Waals surface area contributed by atoms with Gasteiger partial charge >= 0.3 is 0 Å². The first-order valence-electron chi connectivity index (χ1n) is 7.17. The Bertz CT molecular complexity index is 502. The van der Waals surface area contributed by atoms with Crippen molar-refractivity contribution in [3.8, 4) is 0 Å². The summed E-state index contributed by atoms with van der Waals surface area (Å²) in [6.07, 6.45) is 4.11. The molecule has 1 aromatic heterocycles. The highest BCUT2D eigenvalue weighted by Gasteiger charge is 2.24. The van der Waals surface area contributed by atoms with Gasteiger partial charge in [-0.25, -0.2) is 0 Å². The highest BCUT2D eigenvalue weighted by Crippen LogP contribution is 2.25. The molecular weight excluding hydrogens is 274 g/mol. The lowest BCUT2D eigenvalue weighted by Gasteiger charge is -2.13. The molecule has 0 radical (unpaired) electrons. The number of hydrogen-bond donors (Lipinski definition) is 2. The molecule has 20 heavy (non-hydrogen) atoms. The second-order valence-corrected chi connectivity index (χ2v) is 6.39. The van der Waals surface area contributed by atoms with Crippen LogP contribution in [0.15, 0.2) is 12.1 Å². The van der Waals surface area contributed by atoms with E-state index in [9.17, 15) is 9.59 Å². The third-order valence-corrected chi connectivity index (χ3v) is 4.82.